The van der Waals surface area contributed by atoms with Crippen molar-refractivity contribution in [2.75, 3.05) is 13.2 Å². The molecule has 10 heteroatoms. The molecule has 2 aliphatic rings. The second-order valence-electron chi connectivity index (χ2n) is 8.83. The summed E-state index contributed by atoms with van der Waals surface area (Å²) in [5, 5.41) is 17.4. The van der Waals surface area contributed by atoms with Crippen LogP contribution in [0, 0.1) is 5.92 Å². The number of alkyl carbamates (subject to hydrolysis) is 1. The van der Waals surface area contributed by atoms with E-state index >= 15 is 0 Å². The second kappa shape index (κ2) is 12.2. The van der Waals surface area contributed by atoms with Gasteiger partial charge >= 0.3 is 6.09 Å². The molecule has 1 saturated carbocycles. The maximum Gasteiger partial charge on any atom is 0.407 e. The monoisotopic (exact) mass is 473 g/mol. The van der Waals surface area contributed by atoms with Crippen molar-refractivity contribution >= 4 is 23.7 Å². The number of rotatable bonds is 8. The normalized spacial score (nSPS) is 20.0. The molecule has 1 heterocycles. The zero-order valence-electron chi connectivity index (χ0n) is 19.7. The third-order valence-corrected chi connectivity index (χ3v) is 6.60. The summed E-state index contributed by atoms with van der Waals surface area (Å²) in [5.41, 5.74) is 7.00. The van der Waals surface area contributed by atoms with Crippen molar-refractivity contribution in [2.24, 2.45) is 16.8 Å². The topological polar surface area (TPSA) is 146 Å². The number of likely N-dealkylation sites (tertiary alicyclic amines) is 1. The van der Waals surface area contributed by atoms with Gasteiger partial charge in [0, 0.05) is 18.7 Å². The molecule has 0 spiro atoms. The minimum Gasteiger partial charge on any atom is -0.450 e. The van der Waals surface area contributed by atoms with Crippen LogP contribution in [0.5, 0.6) is 0 Å². The Balaban J connectivity index is 1.64. The van der Waals surface area contributed by atoms with Gasteiger partial charge in [-0.25, -0.2) is 4.79 Å². The minimum atomic E-state index is -0.682. The lowest BCUT2D eigenvalue weighted by Crippen LogP contribution is -2.56. The number of ether oxygens (including phenoxy) is 1. The number of hydrogen-bond donors (Lipinski definition) is 4. The second-order valence-corrected chi connectivity index (χ2v) is 8.83. The molecule has 1 aliphatic heterocycles. The summed E-state index contributed by atoms with van der Waals surface area (Å²) in [6.45, 7) is 2.73. The Bertz CT molecular complexity index is 882. The number of carbonyl (C=O) groups excluding carboxylic acids is 3. The molecule has 1 aromatic carbocycles. The number of hydrogen-bond acceptors (Lipinski definition) is 6. The molecule has 1 aliphatic carbocycles. The van der Waals surface area contributed by atoms with Crippen LogP contribution in [0.15, 0.2) is 29.4 Å². The van der Waals surface area contributed by atoms with E-state index < -0.39 is 18.2 Å². The van der Waals surface area contributed by atoms with E-state index in [2.05, 4.69) is 15.8 Å². The van der Waals surface area contributed by atoms with Crippen LogP contribution >= 0.6 is 0 Å². The van der Waals surface area contributed by atoms with E-state index in [9.17, 15) is 14.4 Å². The smallest absolute Gasteiger partial charge is 0.407 e. The van der Waals surface area contributed by atoms with Crippen LogP contribution in [0.1, 0.15) is 63.0 Å². The number of benzene rings is 1. The molecule has 5 N–H and O–H groups in total. The lowest BCUT2D eigenvalue weighted by molar-refractivity contribution is -0.141. The summed E-state index contributed by atoms with van der Waals surface area (Å²) in [4.78, 5) is 40.3. The maximum atomic E-state index is 13.5. The van der Waals surface area contributed by atoms with E-state index in [0.717, 1.165) is 44.1 Å². The van der Waals surface area contributed by atoms with Crippen LogP contribution in [0.4, 0.5) is 4.79 Å². The van der Waals surface area contributed by atoms with Crippen LogP contribution in [-0.4, -0.2) is 59.1 Å². The van der Waals surface area contributed by atoms with Crippen molar-refractivity contribution in [3.8, 4) is 0 Å². The number of amides is 3. The summed E-state index contributed by atoms with van der Waals surface area (Å²) in [7, 11) is 0. The molecule has 2 fully saturated rings. The minimum absolute atomic E-state index is 0.0136. The van der Waals surface area contributed by atoms with Crippen LogP contribution in [0.3, 0.4) is 0 Å². The van der Waals surface area contributed by atoms with E-state index in [1.807, 2.05) is 0 Å². The molecule has 10 nitrogen and oxygen atoms in total. The third kappa shape index (κ3) is 6.39. The van der Waals surface area contributed by atoms with Gasteiger partial charge in [0.15, 0.2) is 5.84 Å². The molecule has 1 aromatic rings. The highest BCUT2D eigenvalue weighted by atomic mass is 16.5. The Labute approximate surface area is 199 Å². The number of nitrogens with one attached hydrogen (secondary N) is 2. The predicted molar refractivity (Wildman–Crippen MR) is 126 cm³/mol. The fraction of sp³-hybridized carbons (Fsp3) is 0.583. The zero-order chi connectivity index (χ0) is 24.5. The van der Waals surface area contributed by atoms with Crippen molar-refractivity contribution in [2.45, 2.75) is 70.5 Å². The van der Waals surface area contributed by atoms with Gasteiger partial charge in [0.1, 0.15) is 12.1 Å². The molecule has 3 amide bonds. The highest BCUT2D eigenvalue weighted by molar-refractivity contribution is 5.97. The van der Waals surface area contributed by atoms with Crippen LogP contribution in [-0.2, 0) is 20.9 Å². The first-order valence-electron chi connectivity index (χ1n) is 12.0. The lowest BCUT2D eigenvalue weighted by atomic mass is 9.83. The van der Waals surface area contributed by atoms with Crippen molar-refractivity contribution in [1.29, 1.82) is 0 Å². The van der Waals surface area contributed by atoms with Crippen LogP contribution in [0.25, 0.3) is 0 Å². The van der Waals surface area contributed by atoms with Crippen molar-refractivity contribution in [3.05, 3.63) is 35.4 Å². The largest absolute Gasteiger partial charge is 0.450 e. The van der Waals surface area contributed by atoms with Crippen molar-refractivity contribution in [3.63, 3.8) is 0 Å². The Morgan fingerprint density at radius 3 is 2.50 bits per heavy atom. The maximum absolute atomic E-state index is 13.5. The molecule has 2 atom stereocenters. The zero-order valence-corrected chi connectivity index (χ0v) is 19.7. The molecule has 0 bridgehead atoms. The SMILES string of the molecule is CCOC(=O)N[C@@H](C(=O)N1CCC[C@H]1C(=O)NCc1ccc(C(N)=NO)cc1)C1CCCCC1. The summed E-state index contributed by atoms with van der Waals surface area (Å²) in [5.74, 6) is -0.367. The Morgan fingerprint density at radius 2 is 1.85 bits per heavy atom. The number of oxime groups is 1. The van der Waals surface area contributed by atoms with Gasteiger partial charge in [-0.05, 0) is 44.1 Å². The highest BCUT2D eigenvalue weighted by Crippen LogP contribution is 2.29. The average Bonchev–Trinajstić information content (AvgIpc) is 3.36. The molecule has 1 saturated heterocycles. The number of amidine groups is 1. The molecule has 186 valence electrons. The summed E-state index contributed by atoms with van der Waals surface area (Å²) in [6, 6.07) is 5.73. The summed E-state index contributed by atoms with van der Waals surface area (Å²) >= 11 is 0. The van der Waals surface area contributed by atoms with Gasteiger partial charge in [-0.15, -0.1) is 0 Å². The first kappa shape index (κ1) is 25.3. The summed E-state index contributed by atoms with van der Waals surface area (Å²) in [6.07, 6.45) is 5.64. The van der Waals surface area contributed by atoms with E-state index in [4.69, 9.17) is 15.7 Å². The molecule has 3 rings (SSSR count). The fourth-order valence-corrected chi connectivity index (χ4v) is 4.79. The van der Waals surface area contributed by atoms with Gasteiger partial charge in [0.2, 0.25) is 11.8 Å². The number of carbonyl (C=O) groups is 3. The van der Waals surface area contributed by atoms with Crippen molar-refractivity contribution in [1.82, 2.24) is 15.5 Å². The average molecular weight is 474 g/mol. The first-order chi connectivity index (χ1) is 16.4. The van der Waals surface area contributed by atoms with Gasteiger partial charge < -0.3 is 31.2 Å². The van der Waals surface area contributed by atoms with E-state index in [0.29, 0.717) is 25.1 Å². The van der Waals surface area contributed by atoms with Gasteiger partial charge in [-0.1, -0.05) is 48.7 Å². The lowest BCUT2D eigenvalue weighted by Gasteiger charge is -2.34. The quantitative estimate of drug-likeness (QED) is 0.197. The first-order valence-corrected chi connectivity index (χ1v) is 12.0. The van der Waals surface area contributed by atoms with Crippen molar-refractivity contribution < 1.29 is 24.3 Å². The van der Waals surface area contributed by atoms with E-state index in [-0.39, 0.29) is 30.2 Å². The molecule has 0 aromatic heterocycles. The Hall–Kier alpha value is -3.30. The Morgan fingerprint density at radius 1 is 1.15 bits per heavy atom. The molecule has 34 heavy (non-hydrogen) atoms. The van der Waals surface area contributed by atoms with Gasteiger partial charge in [-0.3, -0.25) is 9.59 Å². The number of nitrogens with zero attached hydrogens (tertiary/aromatic N) is 2. The van der Waals surface area contributed by atoms with Crippen LogP contribution in [0.2, 0.25) is 0 Å². The molecular formula is C24H35N5O5. The highest BCUT2D eigenvalue weighted by Gasteiger charge is 2.40. The van der Waals surface area contributed by atoms with Gasteiger partial charge in [0.25, 0.3) is 0 Å². The van der Waals surface area contributed by atoms with E-state index in [1.165, 1.54) is 0 Å². The van der Waals surface area contributed by atoms with Gasteiger partial charge in [-0.2, -0.15) is 0 Å². The number of nitrogens with two attached hydrogens (primary N) is 1. The fourth-order valence-electron chi connectivity index (χ4n) is 4.79. The van der Waals surface area contributed by atoms with Crippen LogP contribution < -0.4 is 16.4 Å². The third-order valence-electron chi connectivity index (χ3n) is 6.60. The predicted octanol–water partition coefficient (Wildman–Crippen LogP) is 2.08. The Kier molecular flexibility index (Phi) is 9.12. The molecule has 0 radical (unpaired) electrons. The molecule has 0 unspecified atom stereocenters. The summed E-state index contributed by atoms with van der Waals surface area (Å²) < 4.78 is 5.04. The van der Waals surface area contributed by atoms with Gasteiger partial charge in [0.05, 0.1) is 6.61 Å². The van der Waals surface area contributed by atoms with E-state index in [1.54, 1.807) is 36.1 Å². The standard InChI is InChI=1S/C24H35N5O5/c1-2-34-24(32)27-20(17-7-4-3-5-8-17)23(31)29-14-6-9-19(29)22(30)26-15-16-10-12-18(13-11-16)21(25)28-33/h10-13,17,19-20,33H,2-9,14-15H2,1H3,(H2,25,28)(H,26,30)(H,27,32)/t19-,20+/m0/s1. The molecular weight excluding hydrogens is 438 g/mol.